The average Bonchev–Trinajstić information content (AvgIpc) is 1.48. The third-order valence-electron chi connectivity index (χ3n) is 30.7. The number of hydrogen-bond donors (Lipinski definition) is 0. The Labute approximate surface area is 830 Å². The zero-order chi connectivity index (χ0) is 97.2. The van der Waals surface area contributed by atoms with Gasteiger partial charge in [0.2, 0.25) is 0 Å². The molecule has 0 N–H and O–H groups in total. The van der Waals surface area contributed by atoms with Crippen molar-refractivity contribution in [3.8, 4) is 55.6 Å². The first-order valence-corrected chi connectivity index (χ1v) is 50.9. The van der Waals surface area contributed by atoms with Crippen LogP contribution < -0.4 is 19.6 Å². The molecule has 692 valence electrons. The Hall–Kier alpha value is -14.5. The Morgan fingerprint density at radius 3 is 0.843 bits per heavy atom. The monoisotopic (exact) mass is 1840 g/mol. The molecule has 140 heavy (non-hydrogen) atoms. The lowest BCUT2D eigenvalue weighted by Gasteiger charge is -2.31. The number of rotatable bonds is 14. The maximum absolute atomic E-state index is 2.74. The summed E-state index contributed by atoms with van der Waals surface area (Å²) in [6, 6.07) is 133. The van der Waals surface area contributed by atoms with Crippen LogP contribution in [0.15, 0.2) is 352 Å². The predicted octanol–water partition coefficient (Wildman–Crippen LogP) is 38.0. The summed E-state index contributed by atoms with van der Waals surface area (Å²) in [5.41, 5.74) is 47.3. The predicted molar refractivity (Wildman–Crippen MR) is 601 cm³/mol. The van der Waals surface area contributed by atoms with E-state index in [2.05, 4.69) is 533 Å². The van der Waals surface area contributed by atoms with Crippen LogP contribution in [0.3, 0.4) is 0 Å². The van der Waals surface area contributed by atoms with Gasteiger partial charge in [0.05, 0.1) is 11.0 Å². The van der Waals surface area contributed by atoms with Crippen LogP contribution in [-0.2, 0) is 37.9 Å². The van der Waals surface area contributed by atoms with E-state index in [1.54, 1.807) is 0 Å². The summed E-state index contributed by atoms with van der Waals surface area (Å²) >= 11 is 1.93. The normalized spacial score (nSPS) is 14.0. The third kappa shape index (κ3) is 14.5. The minimum atomic E-state index is -0.332. The number of aromatic nitrogens is 2. The molecule has 3 aliphatic carbocycles. The number of para-hydroxylation sites is 2. The summed E-state index contributed by atoms with van der Waals surface area (Å²) in [7, 11) is 0. The topological polar surface area (TPSA) is 21.8 Å². The highest BCUT2D eigenvalue weighted by Crippen LogP contribution is 2.64. The minimum Gasteiger partial charge on any atom is -0.314 e. The molecule has 5 aromatic heterocycles. The molecular weight excluding hydrogens is 1710 g/mol. The number of fused-ring (bicyclic) bond motifs is 20. The van der Waals surface area contributed by atoms with E-state index in [0.29, 0.717) is 0 Å². The van der Waals surface area contributed by atoms with Gasteiger partial charge in [0.15, 0.2) is 0 Å². The van der Waals surface area contributed by atoms with Crippen LogP contribution in [0.1, 0.15) is 203 Å². The lowest BCUT2D eigenvalue weighted by Crippen LogP contribution is -2.23. The minimum absolute atomic E-state index is 0.00971. The Morgan fingerprint density at radius 1 is 0.229 bits per heavy atom. The second-order valence-electron chi connectivity index (χ2n) is 45.8. The smallest absolute Gasteiger partial charge is 0.109 e. The maximum Gasteiger partial charge on any atom is 0.109 e. The van der Waals surface area contributed by atoms with Gasteiger partial charge in [-0.3, -0.25) is 0 Å². The van der Waals surface area contributed by atoms with Crippen molar-refractivity contribution in [2.24, 2.45) is 0 Å². The number of aryl methyl sites for hydroxylation is 4. The van der Waals surface area contributed by atoms with E-state index < -0.39 is 0 Å². The van der Waals surface area contributed by atoms with Gasteiger partial charge in [-0.1, -0.05) is 307 Å². The van der Waals surface area contributed by atoms with Crippen LogP contribution in [0, 0.1) is 27.7 Å². The van der Waals surface area contributed by atoms with Crippen LogP contribution in [-0.4, -0.2) is 8.80 Å². The quantitative estimate of drug-likeness (QED) is 0.108. The number of anilines is 12. The Balaban J connectivity index is 0.000000157. The van der Waals surface area contributed by atoms with Gasteiger partial charge in [0.1, 0.15) is 4.83 Å². The average molecular weight is 1840 g/mol. The van der Waals surface area contributed by atoms with E-state index in [9.17, 15) is 0 Å². The molecule has 0 amide bonds. The van der Waals surface area contributed by atoms with E-state index in [0.717, 1.165) is 28.4 Å². The summed E-state index contributed by atoms with van der Waals surface area (Å²) in [6.45, 7) is 51.2. The molecular formula is C133H124N6S. The molecule has 21 aromatic rings. The zero-order valence-electron chi connectivity index (χ0n) is 85.1. The number of nitrogens with zero attached hydrogens (tertiary/aromatic N) is 6. The second kappa shape index (κ2) is 32.3. The van der Waals surface area contributed by atoms with Crippen molar-refractivity contribution >= 4 is 132 Å². The highest BCUT2D eigenvalue weighted by molar-refractivity contribution is 7.25. The molecule has 0 radical (unpaired) electrons. The molecule has 6 nitrogen and oxygen atoms in total. The van der Waals surface area contributed by atoms with Crippen molar-refractivity contribution in [2.75, 3.05) is 19.6 Å². The molecule has 7 heteroatoms. The zero-order valence-corrected chi connectivity index (χ0v) is 85.9. The van der Waals surface area contributed by atoms with Gasteiger partial charge in [-0.25, -0.2) is 0 Å². The first-order valence-electron chi connectivity index (χ1n) is 50.1. The Kier molecular flexibility index (Phi) is 20.6. The standard InChI is InChI=1S/C70H69N3.C63H55N3S/c1-42-30-43(2)33-54(32-42)71(50-24-18-22-48(38-50)67(5,6)7)52-26-28-56-60(40-52)69(11,12)65-62(56)58-36-47(46-20-16-15-17-21-46)37-59-63-57-29-27-53(41-61(57)70(13,14)66(63)73(65)64(58)59)72(55-34-44(3)31-45(4)35-55)51-25-19-23-49(39-51)68(8,9)10;1-61(2,3)42-22-18-28-46(36-42)64(44-24-14-10-15-25-44)48-30-32-50-54(38-48)63(7,8)59-56(50)52-34-41(40-20-12-9-13-21-40)35-53-57-51-33-31-49(39-55(51)67-60(57)66(59)58(52)53)65(45-26-16-11-17-27-45)47-29-19-23-43(37-47)62(4,5)6/h15-41H,1-14H3;9-39H,1-8H3. The third-order valence-corrected chi connectivity index (χ3v) is 31.8. The second-order valence-corrected chi connectivity index (χ2v) is 46.9. The summed E-state index contributed by atoms with van der Waals surface area (Å²) in [4.78, 5) is 11.1. The van der Waals surface area contributed by atoms with Gasteiger partial charge < -0.3 is 28.4 Å². The molecule has 0 aliphatic heterocycles. The summed E-state index contributed by atoms with van der Waals surface area (Å²) in [5.74, 6) is 0. The number of benzene rings is 16. The van der Waals surface area contributed by atoms with Gasteiger partial charge in [-0.15, -0.1) is 11.3 Å². The van der Waals surface area contributed by atoms with Crippen molar-refractivity contribution in [2.45, 2.75) is 190 Å². The van der Waals surface area contributed by atoms with Crippen LogP contribution in [0.5, 0.6) is 0 Å². The van der Waals surface area contributed by atoms with E-state index in [4.69, 9.17) is 0 Å². The van der Waals surface area contributed by atoms with Crippen LogP contribution in [0.4, 0.5) is 68.2 Å². The maximum atomic E-state index is 2.74. The molecule has 3 aliphatic rings. The molecule has 24 rings (SSSR count). The molecule has 5 heterocycles. The molecule has 0 unspecified atom stereocenters. The lowest BCUT2D eigenvalue weighted by molar-refractivity contribution is 0.588. The first-order chi connectivity index (χ1) is 66.8. The number of hydrogen-bond acceptors (Lipinski definition) is 5. The van der Waals surface area contributed by atoms with E-state index in [1.165, 1.54) is 227 Å². The van der Waals surface area contributed by atoms with Crippen molar-refractivity contribution in [1.82, 2.24) is 8.80 Å². The van der Waals surface area contributed by atoms with Crippen LogP contribution in [0.25, 0.3) is 109 Å². The van der Waals surface area contributed by atoms with E-state index >= 15 is 0 Å². The molecule has 0 spiro atoms. The Morgan fingerprint density at radius 2 is 0.507 bits per heavy atom. The lowest BCUT2D eigenvalue weighted by atomic mass is 9.83. The fraction of sp³-hybridized carbons (Fsp3) is 0.218. The van der Waals surface area contributed by atoms with E-state index in [-0.39, 0.29) is 37.9 Å². The molecule has 0 fully saturated rings. The van der Waals surface area contributed by atoms with E-state index in [1.807, 2.05) is 11.3 Å². The molecule has 0 saturated carbocycles. The Bertz CT molecular complexity index is 8270. The first kappa shape index (κ1) is 89.4. The summed E-state index contributed by atoms with van der Waals surface area (Å²) < 4.78 is 6.69. The summed E-state index contributed by atoms with van der Waals surface area (Å²) in [5, 5.41) is 7.95. The van der Waals surface area contributed by atoms with Gasteiger partial charge >= 0.3 is 0 Å². The van der Waals surface area contributed by atoms with Gasteiger partial charge in [-0.05, 0) is 319 Å². The largest absolute Gasteiger partial charge is 0.314 e. The molecule has 0 atom stereocenters. The van der Waals surface area contributed by atoms with Crippen molar-refractivity contribution < 1.29 is 0 Å². The SMILES string of the molecule is CC(C)(C)c1cccc(N(c2ccccc2)c2ccc3c(c2)C(C)(C)c2c-3c3cc(-c4ccccc4)cc4c5c6ccc(N(c7ccccc7)c7cccc(C(C)(C)C)c7)cc6sc5n2c34)c1.Cc1cc(C)cc(N(c2cccc(C(C)(C)C)c2)c2ccc3c(c2)C(C)(C)c2c-3c3cc(-c4ccccc4)cc4c5c(n2c34)C(C)(C)c2cc(N(c3cc(C)cc(C)c3)c3cccc(C(C)(C)C)c3)ccc2-5)c1. The highest BCUT2D eigenvalue weighted by Gasteiger charge is 2.49. The van der Waals surface area contributed by atoms with Crippen molar-refractivity contribution in [1.29, 1.82) is 0 Å². The van der Waals surface area contributed by atoms with Crippen molar-refractivity contribution in [3.05, 3.63) is 430 Å². The molecule has 16 aromatic carbocycles. The van der Waals surface area contributed by atoms with Gasteiger partial charge in [0.25, 0.3) is 0 Å². The fourth-order valence-electron chi connectivity index (χ4n) is 23.8. The molecule has 0 bridgehead atoms. The highest BCUT2D eigenvalue weighted by atomic mass is 32.1. The summed E-state index contributed by atoms with van der Waals surface area (Å²) in [6.07, 6.45) is 0. The fourth-order valence-corrected chi connectivity index (χ4v) is 25.1. The van der Waals surface area contributed by atoms with Gasteiger partial charge in [-0.2, -0.15) is 0 Å². The van der Waals surface area contributed by atoms with Crippen LogP contribution in [0.2, 0.25) is 0 Å². The molecule has 0 saturated heterocycles. The van der Waals surface area contributed by atoms with Gasteiger partial charge in [0, 0.05) is 155 Å². The van der Waals surface area contributed by atoms with Crippen LogP contribution >= 0.6 is 11.3 Å². The van der Waals surface area contributed by atoms with Crippen molar-refractivity contribution in [3.63, 3.8) is 0 Å². The number of thiophene rings is 1.